The molecule has 0 spiro atoms. The summed E-state index contributed by atoms with van der Waals surface area (Å²) >= 11 is 1.50. The van der Waals surface area contributed by atoms with Crippen molar-refractivity contribution in [3.05, 3.63) is 41.7 Å². The van der Waals surface area contributed by atoms with E-state index in [9.17, 15) is 4.79 Å². The van der Waals surface area contributed by atoms with Gasteiger partial charge in [0.1, 0.15) is 0 Å². The van der Waals surface area contributed by atoms with Crippen LogP contribution in [0.15, 0.2) is 40.4 Å². The Balaban J connectivity index is 1.67. The van der Waals surface area contributed by atoms with Crippen LogP contribution in [0.25, 0.3) is 0 Å². The summed E-state index contributed by atoms with van der Waals surface area (Å²) in [4.78, 5) is 21.7. The fraction of sp³-hybridized carbons (Fsp3) is 0.312. The Morgan fingerprint density at radius 3 is 2.32 bits per heavy atom. The van der Waals surface area contributed by atoms with Crippen molar-refractivity contribution in [3.63, 3.8) is 0 Å². The van der Waals surface area contributed by atoms with E-state index in [4.69, 9.17) is 5.73 Å². The minimum Gasteiger partial charge on any atom is -0.324 e. The average molecular weight is 314 g/mol. The molecule has 114 valence electrons. The molecule has 1 aromatic carbocycles. The summed E-state index contributed by atoms with van der Waals surface area (Å²) < 4.78 is 0. The summed E-state index contributed by atoms with van der Waals surface area (Å²) in [7, 11) is 0. The van der Waals surface area contributed by atoms with E-state index >= 15 is 0 Å². The summed E-state index contributed by atoms with van der Waals surface area (Å²) in [6.45, 7) is 3.91. The van der Waals surface area contributed by atoms with Crippen molar-refractivity contribution in [2.75, 3.05) is 5.32 Å². The van der Waals surface area contributed by atoms with Crippen LogP contribution in [-0.4, -0.2) is 21.4 Å². The van der Waals surface area contributed by atoms with Crippen molar-refractivity contribution in [1.82, 2.24) is 9.97 Å². The lowest BCUT2D eigenvalue weighted by Crippen LogP contribution is -2.37. The molecule has 1 aliphatic rings. The van der Waals surface area contributed by atoms with Gasteiger partial charge in [0.2, 0.25) is 5.91 Å². The molecule has 5 nitrogen and oxygen atoms in total. The van der Waals surface area contributed by atoms with Gasteiger partial charge >= 0.3 is 0 Å². The molecule has 1 amide bonds. The molecule has 1 heterocycles. The van der Waals surface area contributed by atoms with Gasteiger partial charge in [-0.1, -0.05) is 0 Å². The second kappa shape index (κ2) is 5.70. The Labute approximate surface area is 133 Å². The van der Waals surface area contributed by atoms with Crippen molar-refractivity contribution < 1.29 is 4.79 Å². The van der Waals surface area contributed by atoms with Gasteiger partial charge < -0.3 is 11.1 Å². The van der Waals surface area contributed by atoms with Gasteiger partial charge in [0, 0.05) is 22.0 Å². The number of amides is 1. The number of hydrogen-bond acceptors (Lipinski definition) is 5. The molecule has 3 rings (SSSR count). The minimum atomic E-state index is -0.652. The van der Waals surface area contributed by atoms with Crippen LogP contribution in [0, 0.1) is 13.8 Å². The largest absolute Gasteiger partial charge is 0.324 e. The fourth-order valence-corrected chi connectivity index (χ4v) is 2.93. The van der Waals surface area contributed by atoms with E-state index in [1.807, 2.05) is 44.2 Å². The molecule has 0 bridgehead atoms. The number of benzene rings is 1. The molecule has 0 saturated heterocycles. The van der Waals surface area contributed by atoms with Gasteiger partial charge in [-0.25, -0.2) is 9.97 Å². The van der Waals surface area contributed by atoms with Gasteiger partial charge in [0.05, 0.1) is 5.54 Å². The maximum atomic E-state index is 11.9. The predicted molar refractivity (Wildman–Crippen MR) is 86.9 cm³/mol. The zero-order chi connectivity index (χ0) is 15.7. The van der Waals surface area contributed by atoms with Gasteiger partial charge in [-0.3, -0.25) is 4.79 Å². The van der Waals surface area contributed by atoms with Crippen LogP contribution >= 0.6 is 11.8 Å². The minimum absolute atomic E-state index is 0.106. The van der Waals surface area contributed by atoms with Crippen molar-refractivity contribution in [2.24, 2.45) is 5.73 Å². The summed E-state index contributed by atoms with van der Waals surface area (Å²) in [5, 5.41) is 3.58. The topological polar surface area (TPSA) is 80.9 Å². The van der Waals surface area contributed by atoms with Gasteiger partial charge in [-0.05, 0) is 68.8 Å². The molecule has 6 heteroatoms. The van der Waals surface area contributed by atoms with Gasteiger partial charge in [0.15, 0.2) is 5.16 Å². The second-order valence-corrected chi connectivity index (χ2v) is 6.71. The Bertz CT molecular complexity index is 690. The number of rotatable bonds is 4. The number of carbonyl (C=O) groups excluding carboxylic acids is 1. The molecule has 3 N–H and O–H groups in total. The second-order valence-electron chi connectivity index (χ2n) is 5.67. The van der Waals surface area contributed by atoms with Crippen LogP contribution in [0.1, 0.15) is 24.2 Å². The summed E-state index contributed by atoms with van der Waals surface area (Å²) in [6.07, 6.45) is 1.52. The molecular formula is C16H18N4OS. The highest BCUT2D eigenvalue weighted by Crippen LogP contribution is 2.33. The Hall–Kier alpha value is -1.92. The van der Waals surface area contributed by atoms with E-state index in [1.165, 1.54) is 11.8 Å². The molecule has 0 unspecified atom stereocenters. The third-order valence-electron chi connectivity index (χ3n) is 3.52. The van der Waals surface area contributed by atoms with Crippen LogP contribution in [-0.2, 0) is 4.79 Å². The lowest BCUT2D eigenvalue weighted by atomic mass is 10.2. The molecule has 0 radical (unpaired) electrons. The highest BCUT2D eigenvalue weighted by molar-refractivity contribution is 7.99. The first-order valence-electron chi connectivity index (χ1n) is 7.15. The van der Waals surface area contributed by atoms with Crippen molar-refractivity contribution in [2.45, 2.75) is 42.3 Å². The van der Waals surface area contributed by atoms with Gasteiger partial charge in [0.25, 0.3) is 0 Å². The van der Waals surface area contributed by atoms with Crippen molar-refractivity contribution in [1.29, 1.82) is 0 Å². The Morgan fingerprint density at radius 2 is 1.77 bits per heavy atom. The zero-order valence-electron chi connectivity index (χ0n) is 12.6. The van der Waals surface area contributed by atoms with Gasteiger partial charge in [-0.15, -0.1) is 0 Å². The number of nitrogens with zero attached hydrogens (tertiary/aromatic N) is 2. The summed E-state index contributed by atoms with van der Waals surface area (Å²) in [5.74, 6) is -0.106. The highest BCUT2D eigenvalue weighted by atomic mass is 32.2. The van der Waals surface area contributed by atoms with Crippen LogP contribution < -0.4 is 11.1 Å². The normalized spacial score (nSPS) is 15.4. The molecule has 1 aromatic heterocycles. The smallest absolute Gasteiger partial charge is 0.244 e. The molecule has 0 atom stereocenters. The standard InChI is InChI=1S/C16H18N4OS/c1-10-9-11(2)19-15(18-10)22-13-5-3-12(4-6-13)20-14(21)16(17)7-8-16/h3-6,9H,7-8,17H2,1-2H3,(H,20,21). The molecular weight excluding hydrogens is 296 g/mol. The number of nitrogens with two attached hydrogens (primary N) is 1. The first-order valence-corrected chi connectivity index (χ1v) is 7.97. The third-order valence-corrected chi connectivity index (χ3v) is 4.40. The van der Waals surface area contributed by atoms with E-state index in [1.54, 1.807) is 0 Å². The average Bonchev–Trinajstić information content (AvgIpc) is 3.19. The third kappa shape index (κ3) is 3.45. The first-order chi connectivity index (χ1) is 10.4. The fourth-order valence-electron chi connectivity index (χ4n) is 2.07. The number of aromatic nitrogens is 2. The zero-order valence-corrected chi connectivity index (χ0v) is 13.4. The molecule has 1 fully saturated rings. The van der Waals surface area contributed by atoms with Gasteiger partial charge in [-0.2, -0.15) is 0 Å². The van der Waals surface area contributed by atoms with E-state index in [0.717, 1.165) is 40.0 Å². The quantitative estimate of drug-likeness (QED) is 0.848. The first kappa shape index (κ1) is 15.0. The Morgan fingerprint density at radius 1 is 1.18 bits per heavy atom. The molecule has 1 saturated carbocycles. The van der Waals surface area contributed by atoms with Crippen LogP contribution in [0.3, 0.4) is 0 Å². The number of carbonyl (C=O) groups is 1. The van der Waals surface area contributed by atoms with Crippen molar-refractivity contribution >= 4 is 23.4 Å². The molecule has 2 aromatic rings. The number of hydrogen-bond donors (Lipinski definition) is 2. The summed E-state index contributed by atoms with van der Waals surface area (Å²) in [5.41, 5.74) is 7.88. The number of nitrogens with one attached hydrogen (secondary N) is 1. The molecule has 0 aliphatic heterocycles. The van der Waals surface area contributed by atoms with Crippen LogP contribution in [0.2, 0.25) is 0 Å². The monoisotopic (exact) mass is 314 g/mol. The summed E-state index contributed by atoms with van der Waals surface area (Å²) in [6, 6.07) is 9.57. The van der Waals surface area contributed by atoms with E-state index < -0.39 is 5.54 Å². The van der Waals surface area contributed by atoms with Crippen LogP contribution in [0.5, 0.6) is 0 Å². The Kier molecular flexibility index (Phi) is 3.88. The molecule has 1 aliphatic carbocycles. The van der Waals surface area contributed by atoms with Crippen LogP contribution in [0.4, 0.5) is 5.69 Å². The predicted octanol–water partition coefficient (Wildman–Crippen LogP) is 2.67. The maximum absolute atomic E-state index is 11.9. The van der Waals surface area contributed by atoms with E-state index in [-0.39, 0.29) is 5.91 Å². The SMILES string of the molecule is Cc1cc(C)nc(Sc2ccc(NC(=O)C3(N)CC3)cc2)n1. The number of aryl methyl sites for hydroxylation is 2. The van der Waals surface area contributed by atoms with Crippen molar-refractivity contribution in [3.8, 4) is 0 Å². The van der Waals surface area contributed by atoms with E-state index in [2.05, 4.69) is 15.3 Å². The molecule has 22 heavy (non-hydrogen) atoms. The number of anilines is 1. The van der Waals surface area contributed by atoms with E-state index in [0.29, 0.717) is 0 Å². The maximum Gasteiger partial charge on any atom is 0.244 e. The lowest BCUT2D eigenvalue weighted by Gasteiger charge is -2.10. The lowest BCUT2D eigenvalue weighted by molar-refractivity contribution is -0.118. The highest BCUT2D eigenvalue weighted by Gasteiger charge is 2.45.